The first-order valence-corrected chi connectivity index (χ1v) is 7.58. The van der Waals surface area contributed by atoms with Gasteiger partial charge in [-0.25, -0.2) is 0 Å². The number of aryl methyl sites for hydroxylation is 1. The van der Waals surface area contributed by atoms with Crippen molar-refractivity contribution >= 4 is 24.0 Å². The second-order valence-corrected chi connectivity index (χ2v) is 5.76. The Bertz CT molecular complexity index is 485. The minimum Gasteiger partial charge on any atom is -0.326 e. The Morgan fingerprint density at radius 1 is 1.26 bits per heavy atom. The van der Waals surface area contributed by atoms with E-state index in [1.807, 2.05) is 0 Å². The molecule has 2 rings (SSSR count). The van der Waals surface area contributed by atoms with E-state index in [4.69, 9.17) is 0 Å². The van der Waals surface area contributed by atoms with Crippen LogP contribution in [0.1, 0.15) is 31.2 Å². The van der Waals surface area contributed by atoms with Crippen LogP contribution in [0.5, 0.6) is 0 Å². The van der Waals surface area contributed by atoms with Crippen molar-refractivity contribution in [3.8, 4) is 0 Å². The molecule has 0 aliphatic carbocycles. The lowest BCUT2D eigenvalue weighted by Crippen LogP contribution is -2.15. The van der Waals surface area contributed by atoms with Crippen LogP contribution < -0.4 is 10.6 Å². The topological polar surface area (TPSA) is 41.1 Å². The number of nitrogens with one attached hydrogen (secondary N) is 2. The number of alkyl halides is 3. The van der Waals surface area contributed by atoms with E-state index in [1.165, 1.54) is 0 Å². The van der Waals surface area contributed by atoms with Gasteiger partial charge in [-0.15, -0.1) is 12.4 Å². The highest BCUT2D eigenvalue weighted by molar-refractivity contribution is 5.90. The van der Waals surface area contributed by atoms with Crippen molar-refractivity contribution in [2.75, 3.05) is 18.4 Å². The van der Waals surface area contributed by atoms with E-state index >= 15 is 0 Å². The van der Waals surface area contributed by atoms with Gasteiger partial charge in [0.2, 0.25) is 5.91 Å². The number of hydrogen-bond donors (Lipinski definition) is 2. The SMILES string of the molecule is Cl.O=C(CCC1CCNC1)Nc1ccc(CCC(F)(F)F)cc1. The van der Waals surface area contributed by atoms with Gasteiger partial charge < -0.3 is 10.6 Å². The third-order valence-corrected chi connectivity index (χ3v) is 3.88. The monoisotopic (exact) mass is 350 g/mol. The molecule has 0 aromatic heterocycles. The molecular weight excluding hydrogens is 329 g/mol. The summed E-state index contributed by atoms with van der Waals surface area (Å²) < 4.78 is 36.4. The first-order chi connectivity index (χ1) is 10.4. The van der Waals surface area contributed by atoms with Gasteiger partial charge in [0.1, 0.15) is 0 Å². The number of benzene rings is 1. The van der Waals surface area contributed by atoms with Crippen molar-refractivity contribution < 1.29 is 18.0 Å². The molecule has 1 amide bonds. The van der Waals surface area contributed by atoms with Gasteiger partial charge in [0.05, 0.1) is 0 Å². The Balaban J connectivity index is 0.00000264. The molecule has 1 saturated heterocycles. The number of carbonyl (C=O) groups is 1. The van der Waals surface area contributed by atoms with Crippen LogP contribution in [0.25, 0.3) is 0 Å². The van der Waals surface area contributed by atoms with E-state index in [0.717, 1.165) is 25.9 Å². The number of amides is 1. The lowest BCUT2D eigenvalue weighted by molar-refractivity contribution is -0.134. The third-order valence-electron chi connectivity index (χ3n) is 3.88. The Morgan fingerprint density at radius 3 is 2.52 bits per heavy atom. The second-order valence-electron chi connectivity index (χ2n) is 5.76. The summed E-state index contributed by atoms with van der Waals surface area (Å²) in [6.07, 6.45) is -2.55. The predicted molar refractivity (Wildman–Crippen MR) is 86.9 cm³/mol. The number of rotatable bonds is 6. The van der Waals surface area contributed by atoms with Gasteiger partial charge in [-0.3, -0.25) is 4.79 Å². The molecule has 1 atom stereocenters. The fraction of sp³-hybridized carbons (Fsp3) is 0.562. The number of anilines is 1. The zero-order valence-corrected chi connectivity index (χ0v) is 13.6. The van der Waals surface area contributed by atoms with Crippen LogP contribution in [0.15, 0.2) is 24.3 Å². The van der Waals surface area contributed by atoms with Crippen LogP contribution in [0, 0.1) is 5.92 Å². The molecule has 0 radical (unpaired) electrons. The molecule has 3 nitrogen and oxygen atoms in total. The van der Waals surface area contributed by atoms with Gasteiger partial charge in [0.25, 0.3) is 0 Å². The van der Waals surface area contributed by atoms with Crippen molar-refractivity contribution in [3.05, 3.63) is 29.8 Å². The molecule has 1 aliphatic heterocycles. The minimum atomic E-state index is -4.14. The molecule has 1 aromatic rings. The Hall–Kier alpha value is -1.27. The van der Waals surface area contributed by atoms with Crippen molar-refractivity contribution in [2.45, 2.75) is 38.3 Å². The first-order valence-electron chi connectivity index (χ1n) is 7.58. The minimum absolute atomic E-state index is 0. The Labute approximate surface area is 140 Å². The normalized spacial score (nSPS) is 17.6. The van der Waals surface area contributed by atoms with Crippen molar-refractivity contribution in [1.29, 1.82) is 0 Å². The first kappa shape index (κ1) is 19.8. The smallest absolute Gasteiger partial charge is 0.326 e. The highest BCUT2D eigenvalue weighted by atomic mass is 35.5. The summed E-state index contributed by atoms with van der Waals surface area (Å²) >= 11 is 0. The molecule has 0 saturated carbocycles. The van der Waals surface area contributed by atoms with E-state index in [9.17, 15) is 18.0 Å². The fourth-order valence-electron chi connectivity index (χ4n) is 2.56. The molecule has 1 aliphatic rings. The van der Waals surface area contributed by atoms with E-state index in [1.54, 1.807) is 24.3 Å². The predicted octanol–water partition coefficient (Wildman–Crippen LogP) is 3.93. The lowest BCUT2D eigenvalue weighted by Gasteiger charge is -2.10. The highest BCUT2D eigenvalue weighted by Crippen LogP contribution is 2.22. The van der Waals surface area contributed by atoms with Crippen molar-refractivity contribution in [2.24, 2.45) is 5.92 Å². The molecule has 1 aromatic carbocycles. The van der Waals surface area contributed by atoms with Gasteiger partial charge >= 0.3 is 6.18 Å². The van der Waals surface area contributed by atoms with Crippen LogP contribution in [-0.2, 0) is 11.2 Å². The second kappa shape index (κ2) is 9.13. The summed E-state index contributed by atoms with van der Waals surface area (Å²) in [7, 11) is 0. The molecule has 130 valence electrons. The summed E-state index contributed by atoms with van der Waals surface area (Å²) in [5.41, 5.74) is 1.25. The van der Waals surface area contributed by atoms with Crippen LogP contribution in [0.3, 0.4) is 0 Å². The molecule has 0 bridgehead atoms. The van der Waals surface area contributed by atoms with E-state index < -0.39 is 12.6 Å². The van der Waals surface area contributed by atoms with Gasteiger partial charge in [-0.2, -0.15) is 13.2 Å². The van der Waals surface area contributed by atoms with Gasteiger partial charge in [-0.1, -0.05) is 12.1 Å². The molecule has 1 heterocycles. The maximum absolute atomic E-state index is 12.1. The summed E-state index contributed by atoms with van der Waals surface area (Å²) in [5, 5.41) is 6.05. The van der Waals surface area contributed by atoms with E-state index in [0.29, 0.717) is 23.6 Å². The highest BCUT2D eigenvalue weighted by Gasteiger charge is 2.26. The summed E-state index contributed by atoms with van der Waals surface area (Å²) in [6.45, 7) is 1.99. The average molecular weight is 351 g/mol. The van der Waals surface area contributed by atoms with Crippen molar-refractivity contribution in [1.82, 2.24) is 5.32 Å². The van der Waals surface area contributed by atoms with Gasteiger partial charge in [0.15, 0.2) is 0 Å². The van der Waals surface area contributed by atoms with Crippen LogP contribution in [0.4, 0.5) is 18.9 Å². The zero-order valence-electron chi connectivity index (χ0n) is 12.8. The fourth-order valence-corrected chi connectivity index (χ4v) is 2.56. The maximum atomic E-state index is 12.1. The van der Waals surface area contributed by atoms with E-state index in [2.05, 4.69) is 10.6 Å². The number of halogens is 4. The summed E-state index contributed by atoms with van der Waals surface area (Å²) in [6, 6.07) is 6.56. The zero-order chi connectivity index (χ0) is 16.0. The van der Waals surface area contributed by atoms with Crippen molar-refractivity contribution in [3.63, 3.8) is 0 Å². The lowest BCUT2D eigenvalue weighted by atomic mass is 10.0. The Morgan fingerprint density at radius 2 is 1.96 bits per heavy atom. The molecule has 7 heteroatoms. The number of carbonyl (C=O) groups excluding carboxylic acids is 1. The van der Waals surface area contributed by atoms with Crippen LogP contribution in [-0.4, -0.2) is 25.2 Å². The molecule has 2 N–H and O–H groups in total. The number of hydrogen-bond acceptors (Lipinski definition) is 2. The average Bonchev–Trinajstić information content (AvgIpc) is 2.97. The standard InChI is InChI=1S/C16H21F3N2O.ClH/c17-16(18,19)9-7-12-1-4-14(5-2-12)21-15(22)6-3-13-8-10-20-11-13;/h1-2,4-5,13,20H,3,6-11H2,(H,21,22);1H. The Kier molecular flexibility index (Phi) is 7.85. The quantitative estimate of drug-likeness (QED) is 0.816. The largest absolute Gasteiger partial charge is 0.389 e. The van der Waals surface area contributed by atoms with Gasteiger partial charge in [-0.05, 0) is 56.0 Å². The molecular formula is C16H22ClF3N2O. The molecule has 1 unspecified atom stereocenters. The molecule has 1 fully saturated rings. The molecule has 23 heavy (non-hydrogen) atoms. The van der Waals surface area contributed by atoms with Crippen LogP contribution >= 0.6 is 12.4 Å². The van der Waals surface area contributed by atoms with Gasteiger partial charge in [0, 0.05) is 18.5 Å². The molecule has 0 spiro atoms. The maximum Gasteiger partial charge on any atom is 0.389 e. The van der Waals surface area contributed by atoms with E-state index in [-0.39, 0.29) is 24.7 Å². The van der Waals surface area contributed by atoms with Crippen LogP contribution in [0.2, 0.25) is 0 Å². The summed E-state index contributed by atoms with van der Waals surface area (Å²) in [5.74, 6) is 0.519. The third kappa shape index (κ3) is 7.70. The summed E-state index contributed by atoms with van der Waals surface area (Å²) in [4.78, 5) is 11.8.